The van der Waals surface area contributed by atoms with E-state index in [1.54, 1.807) is 0 Å². The highest BCUT2D eigenvalue weighted by molar-refractivity contribution is 3.86. The maximum Gasteiger partial charge on any atom is 0.229 e. The molecule has 74 valence electrons. The van der Waals surface area contributed by atoms with Gasteiger partial charge in [-0.3, -0.25) is 8.78 Å². The first-order valence-electron chi connectivity index (χ1n) is 2.42. The van der Waals surface area contributed by atoms with Crippen molar-refractivity contribution in [3.05, 3.63) is 0 Å². The van der Waals surface area contributed by atoms with E-state index in [-0.39, 0.29) is 6.67 Å². The summed E-state index contributed by atoms with van der Waals surface area (Å²) in [7, 11) is 0.500. The molecule has 0 fully saturated rings. The molecule has 0 nitrogen and oxygen atoms in total. The van der Waals surface area contributed by atoms with Gasteiger partial charge >= 0.3 is 0 Å². The van der Waals surface area contributed by atoms with Crippen LogP contribution in [0.2, 0.25) is 0 Å². The van der Waals surface area contributed by atoms with Crippen molar-refractivity contribution >= 4 is 0 Å². The Morgan fingerprint density at radius 1 is 0.727 bits per heavy atom. The minimum absolute atomic E-state index is 0.250. The van der Waals surface area contributed by atoms with Gasteiger partial charge < -0.3 is 0 Å². The van der Waals surface area contributed by atoms with Gasteiger partial charge in [0, 0.05) is 0 Å². The van der Waals surface area contributed by atoms with E-state index in [1.807, 2.05) is 0 Å². The largest absolute Gasteiger partial charge is 0.255 e. The fraction of sp³-hybridized carbons (Fsp3) is 1.00. The van der Waals surface area contributed by atoms with Gasteiger partial charge in [-0.1, -0.05) is 0 Å². The van der Waals surface area contributed by atoms with Crippen molar-refractivity contribution in [3.63, 3.8) is 0 Å². The molecule has 0 N–H and O–H groups in total. The van der Waals surface area contributed by atoms with Crippen molar-refractivity contribution in [2.45, 2.75) is 6.92 Å². The molecule has 0 amide bonds. The van der Waals surface area contributed by atoms with E-state index >= 15 is 0 Å². The lowest BCUT2D eigenvalue weighted by Crippen LogP contribution is -1.40. The summed E-state index contributed by atoms with van der Waals surface area (Å²) in [6.07, 6.45) is 0. The number of hydrogen-bond donors (Lipinski definition) is 0. The van der Waals surface area contributed by atoms with Crippen LogP contribution in [0.1, 0.15) is 6.92 Å². The normalized spacial score (nSPS) is 5.45. The van der Waals surface area contributed by atoms with E-state index in [2.05, 4.69) is 0 Å². The predicted octanol–water partition coefficient (Wildman–Crippen LogP) is 3.33. The van der Waals surface area contributed by atoms with Crippen LogP contribution in [0.15, 0.2) is 0 Å². The Hall–Kier alpha value is -0.420. The van der Waals surface area contributed by atoms with Crippen LogP contribution in [0.3, 0.4) is 0 Å². The van der Waals surface area contributed by atoms with E-state index in [0.717, 1.165) is 0 Å². The summed E-state index contributed by atoms with van der Waals surface area (Å²) >= 11 is 0. The molecule has 0 spiro atoms. The van der Waals surface area contributed by atoms with Crippen molar-refractivity contribution in [3.8, 4) is 0 Å². The predicted molar refractivity (Wildman–Crippen MR) is 32.8 cm³/mol. The standard InChI is InChI=1S/C2H5F.2CH2F2.CH3F/c1-2-3;2*2-1-3;1-2/h2H2,1H3;2*1H2;1H3. The van der Waals surface area contributed by atoms with E-state index < -0.39 is 13.9 Å². The van der Waals surface area contributed by atoms with Gasteiger partial charge in [-0.05, 0) is 6.92 Å². The van der Waals surface area contributed by atoms with Crippen LogP contribution in [0.25, 0.3) is 0 Å². The summed E-state index contributed by atoms with van der Waals surface area (Å²) in [6, 6.07) is 0. The smallest absolute Gasteiger partial charge is 0.229 e. The zero-order valence-electron chi connectivity index (χ0n) is 6.39. The average Bonchev–Trinajstić information content (AvgIpc) is 1.96. The Bertz CT molecular complexity index is 15.7. The molecular weight excluding hydrogens is 174 g/mol. The number of hydrogen-bond acceptors (Lipinski definition) is 0. The Balaban J connectivity index is -0.0000000301. The van der Waals surface area contributed by atoms with Gasteiger partial charge in [0.1, 0.15) is 0 Å². The Kier molecular flexibility index (Phi) is 216. The maximum atomic E-state index is 10.3. The van der Waals surface area contributed by atoms with Crippen molar-refractivity contribution in [1.82, 2.24) is 0 Å². The summed E-state index contributed by atoms with van der Waals surface area (Å²) in [5, 5.41) is 0. The zero-order chi connectivity index (χ0) is 10.1. The van der Waals surface area contributed by atoms with Crippen LogP contribution in [-0.4, -0.2) is 27.7 Å². The lowest BCUT2D eigenvalue weighted by Gasteiger charge is -1.45. The van der Waals surface area contributed by atoms with Crippen molar-refractivity contribution in [2.24, 2.45) is 0 Å². The quantitative estimate of drug-likeness (QED) is 0.509. The summed E-state index contributed by atoms with van der Waals surface area (Å²) in [5.74, 6) is 0. The molecule has 0 radical (unpaired) electrons. The van der Waals surface area contributed by atoms with Gasteiger partial charge in [0.25, 0.3) is 0 Å². The molecule has 0 rings (SSSR count). The number of halogens is 6. The van der Waals surface area contributed by atoms with Crippen LogP contribution in [0.5, 0.6) is 0 Å². The molecule has 6 heteroatoms. The van der Waals surface area contributed by atoms with Gasteiger partial charge in [0.05, 0.1) is 13.9 Å². The van der Waals surface area contributed by atoms with E-state index in [9.17, 15) is 26.3 Å². The fourth-order valence-electron chi connectivity index (χ4n) is 0. The van der Waals surface area contributed by atoms with Gasteiger partial charge in [-0.2, -0.15) is 0 Å². The Labute approximate surface area is 62.2 Å². The van der Waals surface area contributed by atoms with Crippen LogP contribution >= 0.6 is 0 Å². The van der Waals surface area contributed by atoms with Crippen LogP contribution in [0.4, 0.5) is 26.3 Å². The minimum atomic E-state index is -1.75. The van der Waals surface area contributed by atoms with E-state index in [0.29, 0.717) is 7.18 Å². The molecule has 0 bridgehead atoms. The summed E-state index contributed by atoms with van der Waals surface area (Å²) in [6.45, 7) is -2.29. The van der Waals surface area contributed by atoms with Crippen LogP contribution in [0, 0.1) is 0 Å². The molecule has 11 heavy (non-hydrogen) atoms. The lowest BCUT2D eigenvalue weighted by molar-refractivity contribution is 0.295. The zero-order valence-corrected chi connectivity index (χ0v) is 6.39. The molecular formula is C5H12F6. The topological polar surface area (TPSA) is 0 Å². The SMILES string of the molecule is CCF.CF.FCF.FCF. The molecule has 0 aliphatic carbocycles. The van der Waals surface area contributed by atoms with Crippen LogP contribution < -0.4 is 0 Å². The van der Waals surface area contributed by atoms with Gasteiger partial charge in [-0.25, -0.2) is 17.6 Å². The first kappa shape index (κ1) is 22.4. The number of alkyl halides is 6. The molecule has 0 atom stereocenters. The highest BCUT2D eigenvalue weighted by atomic mass is 19.3. The average molecular weight is 186 g/mol. The summed E-state index contributed by atoms with van der Waals surface area (Å²) in [5.41, 5.74) is 0. The molecule has 0 aliphatic rings. The Morgan fingerprint density at radius 2 is 0.727 bits per heavy atom. The van der Waals surface area contributed by atoms with E-state index in [4.69, 9.17) is 0 Å². The summed E-state index contributed by atoms with van der Waals surface area (Å²) < 4.78 is 58.3. The third-order valence-electron chi connectivity index (χ3n) is 0. The minimum Gasteiger partial charge on any atom is -0.255 e. The lowest BCUT2D eigenvalue weighted by atomic mass is 10.9. The van der Waals surface area contributed by atoms with E-state index in [1.165, 1.54) is 6.92 Å². The highest BCUT2D eigenvalue weighted by Gasteiger charge is 1.44. The first-order valence-corrected chi connectivity index (χ1v) is 2.42. The van der Waals surface area contributed by atoms with Gasteiger partial charge in [-0.15, -0.1) is 0 Å². The van der Waals surface area contributed by atoms with Gasteiger partial charge in [0.2, 0.25) is 13.9 Å². The molecule has 0 heterocycles. The fourth-order valence-corrected chi connectivity index (χ4v) is 0. The number of rotatable bonds is 0. The monoisotopic (exact) mass is 186 g/mol. The first-order chi connectivity index (χ1) is 5.24. The third-order valence-corrected chi connectivity index (χ3v) is 0. The molecule has 0 aliphatic heterocycles. The van der Waals surface area contributed by atoms with Crippen molar-refractivity contribution < 1.29 is 26.3 Å². The van der Waals surface area contributed by atoms with Crippen molar-refractivity contribution in [2.75, 3.05) is 27.7 Å². The summed E-state index contributed by atoms with van der Waals surface area (Å²) in [4.78, 5) is 0. The molecule has 0 aromatic rings. The second-order valence-corrected chi connectivity index (χ2v) is 0.469. The molecule has 0 unspecified atom stereocenters. The van der Waals surface area contributed by atoms with Crippen LogP contribution in [-0.2, 0) is 0 Å². The maximum absolute atomic E-state index is 10.3. The third kappa shape index (κ3) is 3120. The second-order valence-electron chi connectivity index (χ2n) is 0.469. The molecule has 0 aromatic heterocycles. The Morgan fingerprint density at radius 3 is 0.727 bits per heavy atom. The molecule has 0 aromatic carbocycles. The molecule has 0 saturated carbocycles. The van der Waals surface area contributed by atoms with Crippen molar-refractivity contribution in [1.29, 1.82) is 0 Å². The van der Waals surface area contributed by atoms with Gasteiger partial charge in [0.15, 0.2) is 0 Å². The second kappa shape index (κ2) is 106. The highest BCUT2D eigenvalue weighted by Crippen LogP contribution is 1.56. The molecule has 0 saturated heterocycles.